The number of hydrogen-bond donors (Lipinski definition) is 1. The van der Waals surface area contributed by atoms with E-state index >= 15 is 0 Å². The number of anilines is 1. The quantitative estimate of drug-likeness (QED) is 0.590. The van der Waals surface area contributed by atoms with Crippen LogP contribution in [-0.2, 0) is 9.59 Å². The average molecular weight is 467 g/mol. The molecule has 0 saturated carbocycles. The molecule has 8 nitrogen and oxygen atoms in total. The number of rotatable bonds is 8. The number of methoxy groups -OCH3 is 1. The van der Waals surface area contributed by atoms with Crippen molar-refractivity contribution in [3.63, 3.8) is 0 Å². The Hall–Kier alpha value is -3.68. The highest BCUT2D eigenvalue weighted by molar-refractivity contribution is 5.94. The molecule has 0 unspecified atom stereocenters. The van der Waals surface area contributed by atoms with E-state index in [1.807, 2.05) is 25.1 Å². The van der Waals surface area contributed by atoms with Gasteiger partial charge in [0.05, 0.1) is 13.7 Å². The number of benzene rings is 2. The summed E-state index contributed by atoms with van der Waals surface area (Å²) in [6.07, 6.45) is 5.48. The number of fused-ring (bicyclic) bond motifs is 1. The minimum atomic E-state index is -0.140. The summed E-state index contributed by atoms with van der Waals surface area (Å²) in [6, 6.07) is 10.9. The van der Waals surface area contributed by atoms with Crippen LogP contribution in [0.1, 0.15) is 31.7 Å². The molecule has 2 heterocycles. The molecule has 0 aliphatic carbocycles. The van der Waals surface area contributed by atoms with Crippen molar-refractivity contribution in [2.45, 2.75) is 26.2 Å². The van der Waals surface area contributed by atoms with E-state index < -0.39 is 0 Å². The van der Waals surface area contributed by atoms with Gasteiger partial charge in [0.2, 0.25) is 18.6 Å². The van der Waals surface area contributed by atoms with Crippen LogP contribution in [0.5, 0.6) is 23.0 Å². The van der Waals surface area contributed by atoms with Crippen molar-refractivity contribution >= 4 is 23.6 Å². The first-order valence-electron chi connectivity index (χ1n) is 11.6. The number of ether oxygens (including phenoxy) is 4. The molecular formula is C26H30N2O6. The highest BCUT2D eigenvalue weighted by atomic mass is 16.7. The van der Waals surface area contributed by atoms with Gasteiger partial charge < -0.3 is 29.2 Å². The molecule has 0 atom stereocenters. The predicted octanol–water partition coefficient (Wildman–Crippen LogP) is 4.10. The number of nitrogens with one attached hydrogen (secondary N) is 1. The number of hydrogen-bond acceptors (Lipinski definition) is 6. The van der Waals surface area contributed by atoms with Crippen molar-refractivity contribution in [3.8, 4) is 23.0 Å². The van der Waals surface area contributed by atoms with E-state index in [9.17, 15) is 9.59 Å². The van der Waals surface area contributed by atoms with Gasteiger partial charge in [-0.05, 0) is 55.2 Å². The van der Waals surface area contributed by atoms with E-state index in [0.29, 0.717) is 61.2 Å². The Morgan fingerprint density at radius 1 is 1.09 bits per heavy atom. The van der Waals surface area contributed by atoms with Gasteiger partial charge in [0, 0.05) is 36.8 Å². The molecule has 2 aromatic rings. The second-order valence-corrected chi connectivity index (χ2v) is 8.25. The third-order valence-corrected chi connectivity index (χ3v) is 5.89. The molecular weight excluding hydrogens is 436 g/mol. The first-order chi connectivity index (χ1) is 16.6. The molecule has 1 saturated heterocycles. The molecule has 8 heteroatoms. The summed E-state index contributed by atoms with van der Waals surface area (Å²) >= 11 is 0. The Morgan fingerprint density at radius 3 is 2.65 bits per heavy atom. The number of carbonyl (C=O) groups excluding carboxylic acids is 2. The third-order valence-electron chi connectivity index (χ3n) is 5.89. The first-order valence-corrected chi connectivity index (χ1v) is 11.6. The molecule has 0 aromatic heterocycles. The van der Waals surface area contributed by atoms with Crippen molar-refractivity contribution in [2.75, 3.05) is 38.9 Å². The smallest absolute Gasteiger partial charge is 0.246 e. The topological polar surface area (TPSA) is 86.3 Å². The van der Waals surface area contributed by atoms with Crippen LogP contribution in [-0.4, -0.2) is 50.3 Å². The number of piperidine rings is 1. The second kappa shape index (κ2) is 11.0. The minimum absolute atomic E-state index is 0.0426. The van der Waals surface area contributed by atoms with Gasteiger partial charge in [-0.1, -0.05) is 13.0 Å². The van der Waals surface area contributed by atoms with Crippen LogP contribution >= 0.6 is 0 Å². The zero-order valence-electron chi connectivity index (χ0n) is 19.5. The molecule has 2 amide bonds. The van der Waals surface area contributed by atoms with Crippen LogP contribution in [0.3, 0.4) is 0 Å². The molecule has 2 aromatic carbocycles. The highest BCUT2D eigenvalue weighted by Gasteiger charge is 2.27. The summed E-state index contributed by atoms with van der Waals surface area (Å²) in [5, 5.41) is 2.95. The van der Waals surface area contributed by atoms with Gasteiger partial charge in [0.1, 0.15) is 0 Å². The van der Waals surface area contributed by atoms with Gasteiger partial charge in [-0.2, -0.15) is 0 Å². The zero-order valence-corrected chi connectivity index (χ0v) is 19.5. The second-order valence-electron chi connectivity index (χ2n) is 8.25. The molecule has 1 N–H and O–H groups in total. The minimum Gasteiger partial charge on any atom is -0.493 e. The Kier molecular flexibility index (Phi) is 7.57. The standard InChI is InChI=1S/C26H30N2O6/c1-3-14-32-21-7-4-18(15-23(21)31-2)5-9-25(29)28-12-10-19(11-13-28)26(30)27-20-6-8-22-24(16-20)34-17-33-22/h4-9,15-16,19H,3,10-14,17H2,1-2H3,(H,27,30)/b9-5+. The first kappa shape index (κ1) is 23.5. The van der Waals surface area contributed by atoms with E-state index in [0.717, 1.165) is 12.0 Å². The lowest BCUT2D eigenvalue weighted by Gasteiger charge is -2.30. The Morgan fingerprint density at radius 2 is 1.88 bits per heavy atom. The highest BCUT2D eigenvalue weighted by Crippen LogP contribution is 2.34. The normalized spacial score (nSPS) is 15.4. The number of carbonyl (C=O) groups is 2. The van der Waals surface area contributed by atoms with Crippen molar-refractivity contribution < 1.29 is 28.5 Å². The SMILES string of the molecule is CCCOc1ccc(/C=C/C(=O)N2CCC(C(=O)Nc3ccc4c(c3)OCO4)CC2)cc1OC. The fourth-order valence-electron chi connectivity index (χ4n) is 3.97. The molecule has 180 valence electrons. The maximum Gasteiger partial charge on any atom is 0.246 e. The zero-order chi connectivity index (χ0) is 23.9. The average Bonchev–Trinajstić information content (AvgIpc) is 3.34. The van der Waals surface area contributed by atoms with Gasteiger partial charge in [-0.15, -0.1) is 0 Å². The summed E-state index contributed by atoms with van der Waals surface area (Å²) in [5.74, 6) is 2.38. The van der Waals surface area contributed by atoms with Crippen LogP contribution in [0.4, 0.5) is 5.69 Å². The lowest BCUT2D eigenvalue weighted by atomic mass is 9.95. The molecule has 2 aliphatic heterocycles. The number of nitrogens with zero attached hydrogens (tertiary/aromatic N) is 1. The van der Waals surface area contributed by atoms with E-state index in [1.165, 1.54) is 0 Å². The van der Waals surface area contributed by atoms with Crippen LogP contribution in [0.2, 0.25) is 0 Å². The Bertz CT molecular complexity index is 1060. The molecule has 4 rings (SSSR count). The maximum atomic E-state index is 12.7. The van der Waals surface area contributed by atoms with Crippen LogP contribution < -0.4 is 24.3 Å². The monoisotopic (exact) mass is 466 g/mol. The summed E-state index contributed by atoms with van der Waals surface area (Å²) in [5.41, 5.74) is 1.53. The Balaban J connectivity index is 1.27. The van der Waals surface area contributed by atoms with E-state index in [4.69, 9.17) is 18.9 Å². The number of likely N-dealkylation sites (tertiary alicyclic amines) is 1. The van der Waals surface area contributed by atoms with Gasteiger partial charge >= 0.3 is 0 Å². The Labute approximate surface area is 199 Å². The molecule has 2 aliphatic rings. The van der Waals surface area contributed by atoms with Gasteiger partial charge in [0.25, 0.3) is 0 Å². The molecule has 1 fully saturated rings. The molecule has 0 radical (unpaired) electrons. The van der Waals surface area contributed by atoms with E-state index in [1.54, 1.807) is 42.4 Å². The van der Waals surface area contributed by atoms with Crippen molar-refractivity contribution in [1.82, 2.24) is 4.90 Å². The summed E-state index contributed by atoms with van der Waals surface area (Å²) < 4.78 is 21.7. The lowest BCUT2D eigenvalue weighted by molar-refractivity contribution is -0.130. The van der Waals surface area contributed by atoms with Crippen molar-refractivity contribution in [1.29, 1.82) is 0 Å². The molecule has 34 heavy (non-hydrogen) atoms. The van der Waals surface area contributed by atoms with Crippen LogP contribution in [0.15, 0.2) is 42.5 Å². The maximum absolute atomic E-state index is 12.7. The van der Waals surface area contributed by atoms with E-state index in [2.05, 4.69) is 5.32 Å². The van der Waals surface area contributed by atoms with Gasteiger partial charge in [-0.3, -0.25) is 9.59 Å². The third kappa shape index (κ3) is 5.62. The fourth-order valence-corrected chi connectivity index (χ4v) is 3.97. The van der Waals surface area contributed by atoms with Gasteiger partial charge in [-0.25, -0.2) is 0 Å². The van der Waals surface area contributed by atoms with Crippen LogP contribution in [0, 0.1) is 5.92 Å². The predicted molar refractivity (Wildman–Crippen MR) is 128 cm³/mol. The summed E-state index contributed by atoms with van der Waals surface area (Å²) in [6.45, 7) is 3.93. The fraction of sp³-hybridized carbons (Fsp3) is 0.385. The summed E-state index contributed by atoms with van der Waals surface area (Å²) in [4.78, 5) is 27.1. The number of amides is 2. The van der Waals surface area contributed by atoms with Crippen molar-refractivity contribution in [3.05, 3.63) is 48.0 Å². The lowest BCUT2D eigenvalue weighted by Crippen LogP contribution is -2.40. The van der Waals surface area contributed by atoms with E-state index in [-0.39, 0.29) is 24.5 Å². The van der Waals surface area contributed by atoms with Crippen molar-refractivity contribution in [2.24, 2.45) is 5.92 Å². The van der Waals surface area contributed by atoms with Crippen LogP contribution in [0.25, 0.3) is 6.08 Å². The molecule has 0 spiro atoms. The summed E-state index contributed by atoms with van der Waals surface area (Å²) in [7, 11) is 1.60. The largest absolute Gasteiger partial charge is 0.493 e. The van der Waals surface area contributed by atoms with Gasteiger partial charge in [0.15, 0.2) is 23.0 Å². The molecule has 0 bridgehead atoms.